The van der Waals surface area contributed by atoms with Gasteiger partial charge < -0.3 is 0 Å². The van der Waals surface area contributed by atoms with Gasteiger partial charge in [-0.2, -0.15) is 21.0 Å². The zero-order chi connectivity index (χ0) is 22.4. The molecule has 0 unspecified atom stereocenters. The summed E-state index contributed by atoms with van der Waals surface area (Å²) < 4.78 is 0. The van der Waals surface area contributed by atoms with Crippen LogP contribution in [-0.4, -0.2) is 0 Å². The first-order valence-electron chi connectivity index (χ1n) is 10.4. The standard InChI is InChI=1S/C25H32N4/c1-7-19(8-2)21(15-26)13-23(17-28)25(11-5,12-6)24(18-29)14-22(16-27)20(9-3)10-4/h13-14H,7-12H2,1-6H3/b23-13-,24-14+. The topological polar surface area (TPSA) is 95.2 Å². The lowest BCUT2D eigenvalue weighted by Gasteiger charge is -2.31. The second-order valence-corrected chi connectivity index (χ2v) is 6.80. The fraction of sp³-hybridized carbons (Fsp3) is 0.520. The third-order valence-electron chi connectivity index (χ3n) is 5.77. The maximum Gasteiger partial charge on any atom is 0.0991 e. The molecule has 0 amide bonds. The van der Waals surface area contributed by atoms with E-state index in [9.17, 15) is 21.0 Å². The van der Waals surface area contributed by atoms with Crippen molar-refractivity contribution in [1.82, 2.24) is 0 Å². The van der Waals surface area contributed by atoms with Crippen molar-refractivity contribution in [2.45, 2.75) is 80.1 Å². The van der Waals surface area contributed by atoms with E-state index < -0.39 is 5.41 Å². The van der Waals surface area contributed by atoms with E-state index in [0.717, 1.165) is 36.8 Å². The largest absolute Gasteiger partial charge is 0.193 e. The number of allylic oxidation sites excluding steroid dienone is 8. The summed E-state index contributed by atoms with van der Waals surface area (Å²) in [6.45, 7) is 11.8. The molecule has 29 heavy (non-hydrogen) atoms. The van der Waals surface area contributed by atoms with Gasteiger partial charge in [-0.25, -0.2) is 0 Å². The first kappa shape index (κ1) is 25.9. The highest BCUT2D eigenvalue weighted by Crippen LogP contribution is 2.43. The molecule has 0 saturated carbocycles. The molecule has 0 aliphatic heterocycles. The van der Waals surface area contributed by atoms with Crippen LogP contribution in [0.5, 0.6) is 0 Å². The Bertz CT molecular complexity index is 782. The van der Waals surface area contributed by atoms with Crippen LogP contribution in [0.1, 0.15) is 80.1 Å². The fourth-order valence-electron chi connectivity index (χ4n) is 3.69. The molecule has 0 aliphatic carbocycles. The fourth-order valence-corrected chi connectivity index (χ4v) is 3.69. The summed E-state index contributed by atoms with van der Waals surface area (Å²) in [7, 11) is 0. The van der Waals surface area contributed by atoms with Crippen molar-refractivity contribution in [2.75, 3.05) is 0 Å². The van der Waals surface area contributed by atoms with Gasteiger partial charge in [0.25, 0.3) is 0 Å². The molecule has 0 spiro atoms. The minimum atomic E-state index is -0.827. The number of hydrogen-bond donors (Lipinski definition) is 0. The predicted molar refractivity (Wildman–Crippen MR) is 117 cm³/mol. The van der Waals surface area contributed by atoms with Gasteiger partial charge in [-0.15, -0.1) is 0 Å². The van der Waals surface area contributed by atoms with E-state index in [1.165, 1.54) is 0 Å². The molecule has 0 radical (unpaired) electrons. The van der Waals surface area contributed by atoms with Crippen LogP contribution >= 0.6 is 0 Å². The van der Waals surface area contributed by atoms with Gasteiger partial charge in [-0.1, -0.05) is 52.7 Å². The Morgan fingerprint density at radius 2 is 0.897 bits per heavy atom. The highest BCUT2D eigenvalue weighted by molar-refractivity contribution is 5.54. The summed E-state index contributed by atoms with van der Waals surface area (Å²) in [4.78, 5) is 0. The third-order valence-corrected chi connectivity index (χ3v) is 5.77. The highest BCUT2D eigenvalue weighted by Gasteiger charge is 2.36. The summed E-state index contributed by atoms with van der Waals surface area (Å²) in [5.74, 6) is 0. The Morgan fingerprint density at radius 3 is 1.07 bits per heavy atom. The van der Waals surface area contributed by atoms with E-state index in [0.29, 0.717) is 35.1 Å². The van der Waals surface area contributed by atoms with Crippen LogP contribution in [-0.2, 0) is 0 Å². The van der Waals surface area contributed by atoms with Gasteiger partial charge in [0.15, 0.2) is 0 Å². The lowest BCUT2D eigenvalue weighted by atomic mass is 9.69. The maximum atomic E-state index is 9.97. The molecular weight excluding hydrogens is 356 g/mol. The molecule has 0 saturated heterocycles. The molecule has 4 heteroatoms. The molecule has 0 N–H and O–H groups in total. The first-order chi connectivity index (χ1) is 13.9. The van der Waals surface area contributed by atoms with Crippen molar-refractivity contribution >= 4 is 0 Å². The average Bonchev–Trinajstić information content (AvgIpc) is 2.76. The molecule has 0 aromatic heterocycles. The third kappa shape index (κ3) is 5.95. The van der Waals surface area contributed by atoms with Crippen LogP contribution in [0.2, 0.25) is 0 Å². The minimum absolute atomic E-state index is 0.401. The van der Waals surface area contributed by atoms with Gasteiger partial charge in [0, 0.05) is 16.6 Å². The molecule has 0 bridgehead atoms. The van der Waals surface area contributed by atoms with Crippen molar-refractivity contribution < 1.29 is 0 Å². The van der Waals surface area contributed by atoms with Crippen LogP contribution < -0.4 is 0 Å². The number of rotatable bonds is 10. The Hall–Kier alpha value is -3.08. The van der Waals surface area contributed by atoms with E-state index in [4.69, 9.17) is 0 Å². The monoisotopic (exact) mass is 388 g/mol. The number of nitriles is 4. The van der Waals surface area contributed by atoms with E-state index >= 15 is 0 Å². The zero-order valence-electron chi connectivity index (χ0n) is 18.7. The lowest BCUT2D eigenvalue weighted by molar-refractivity contribution is 0.419. The van der Waals surface area contributed by atoms with Crippen molar-refractivity contribution in [1.29, 1.82) is 21.0 Å². The Morgan fingerprint density at radius 1 is 0.586 bits per heavy atom. The highest BCUT2D eigenvalue weighted by atomic mass is 14.4. The smallest absolute Gasteiger partial charge is 0.0991 e. The molecule has 4 nitrogen and oxygen atoms in total. The van der Waals surface area contributed by atoms with Crippen molar-refractivity contribution in [3.05, 3.63) is 45.6 Å². The molecule has 0 aliphatic rings. The average molecular weight is 389 g/mol. The molecule has 0 aromatic carbocycles. The molecule has 0 fully saturated rings. The predicted octanol–water partition coefficient (Wildman–Crippen LogP) is 6.97. The summed E-state index contributed by atoms with van der Waals surface area (Å²) in [5, 5.41) is 39.2. The van der Waals surface area contributed by atoms with Crippen molar-refractivity contribution in [2.24, 2.45) is 5.41 Å². The van der Waals surface area contributed by atoms with E-state index in [2.05, 4.69) is 24.3 Å². The molecule has 0 heterocycles. The maximum absolute atomic E-state index is 9.97. The Balaban J connectivity index is 7.03. The van der Waals surface area contributed by atoms with Crippen molar-refractivity contribution in [3.63, 3.8) is 0 Å². The Kier molecular flexibility index (Phi) is 11.8. The second-order valence-electron chi connectivity index (χ2n) is 6.80. The first-order valence-corrected chi connectivity index (χ1v) is 10.4. The van der Waals surface area contributed by atoms with Gasteiger partial charge >= 0.3 is 0 Å². The van der Waals surface area contributed by atoms with Crippen LogP contribution in [0.4, 0.5) is 0 Å². The van der Waals surface area contributed by atoms with Crippen LogP contribution in [0, 0.1) is 50.7 Å². The van der Waals surface area contributed by atoms with Crippen LogP contribution in [0.15, 0.2) is 45.6 Å². The van der Waals surface area contributed by atoms with Crippen LogP contribution in [0.25, 0.3) is 0 Å². The van der Waals surface area contributed by atoms with Gasteiger partial charge in [0.2, 0.25) is 0 Å². The molecule has 152 valence electrons. The molecular formula is C25H32N4. The van der Waals surface area contributed by atoms with E-state index in [-0.39, 0.29) is 0 Å². The summed E-state index contributed by atoms with van der Waals surface area (Å²) in [6.07, 6.45) is 7.29. The summed E-state index contributed by atoms with van der Waals surface area (Å²) >= 11 is 0. The second kappa shape index (κ2) is 13.2. The van der Waals surface area contributed by atoms with Crippen molar-refractivity contribution in [3.8, 4) is 24.3 Å². The Labute approximate surface area is 176 Å². The van der Waals surface area contributed by atoms with Gasteiger partial charge in [0.1, 0.15) is 0 Å². The van der Waals surface area contributed by atoms with Gasteiger partial charge in [-0.3, -0.25) is 0 Å². The number of hydrogen-bond acceptors (Lipinski definition) is 4. The van der Waals surface area contributed by atoms with Gasteiger partial charge in [-0.05, 0) is 50.7 Å². The molecule has 0 aromatic rings. The normalized spacial score (nSPS) is 11.5. The zero-order valence-corrected chi connectivity index (χ0v) is 18.7. The van der Waals surface area contributed by atoms with Crippen LogP contribution in [0.3, 0.4) is 0 Å². The summed E-state index contributed by atoms with van der Waals surface area (Å²) in [5.41, 5.74) is 2.94. The van der Waals surface area contributed by atoms with Gasteiger partial charge in [0.05, 0.1) is 35.4 Å². The minimum Gasteiger partial charge on any atom is -0.193 e. The lowest BCUT2D eigenvalue weighted by Crippen LogP contribution is -2.24. The van der Waals surface area contributed by atoms with E-state index in [1.807, 2.05) is 41.5 Å². The quantitative estimate of drug-likeness (QED) is 0.298. The SMILES string of the molecule is CCC(CC)=C(C#N)/C=C(\C#N)C(CC)(CC)/C(C#N)=C\C(C#N)=C(CC)CC. The molecule has 0 atom stereocenters. The van der Waals surface area contributed by atoms with E-state index in [1.54, 1.807) is 12.2 Å². The molecule has 0 rings (SSSR count). The number of nitrogens with zero attached hydrogens (tertiary/aromatic N) is 4. The summed E-state index contributed by atoms with van der Waals surface area (Å²) in [6, 6.07) is 8.97.